The van der Waals surface area contributed by atoms with Gasteiger partial charge < -0.3 is 5.73 Å². The molecule has 1 rings (SSSR count). The minimum Gasteiger partial charge on any atom is -0.326 e. The van der Waals surface area contributed by atoms with Gasteiger partial charge in [0.15, 0.2) is 12.4 Å². The minimum atomic E-state index is 0.632. The van der Waals surface area contributed by atoms with E-state index in [-0.39, 0.29) is 0 Å². The van der Waals surface area contributed by atoms with E-state index in [0.29, 0.717) is 6.54 Å². The molecule has 0 radical (unpaired) electrons. The quantitative estimate of drug-likeness (QED) is 0.381. The average molecular weight is 267 g/mol. The van der Waals surface area contributed by atoms with Gasteiger partial charge in [0.25, 0.3) is 0 Å². The van der Waals surface area contributed by atoms with Crippen molar-refractivity contribution >= 4 is 12.6 Å². The normalized spacial score (nSPS) is 10.8. The van der Waals surface area contributed by atoms with Gasteiger partial charge in [-0.3, -0.25) is 0 Å². The van der Waals surface area contributed by atoms with Crippen molar-refractivity contribution in [3.05, 3.63) is 30.1 Å². The maximum Gasteiger partial charge on any atom is 0.169 e. The number of unbranched alkanes of at least 4 members (excludes halogenated alkanes) is 6. The van der Waals surface area contributed by atoms with Crippen LogP contribution in [-0.2, 0) is 13.1 Å². The Bertz CT molecular complexity index is 298. The summed E-state index contributed by atoms with van der Waals surface area (Å²) in [6, 6.07) is 4.22. The van der Waals surface area contributed by atoms with Crippen LogP contribution in [-0.4, -0.2) is 5.75 Å². The number of thiol groups is 1. The first kappa shape index (κ1) is 15.5. The van der Waals surface area contributed by atoms with E-state index in [9.17, 15) is 0 Å². The van der Waals surface area contributed by atoms with Crippen molar-refractivity contribution in [2.75, 3.05) is 5.75 Å². The Kier molecular flexibility index (Phi) is 8.96. The lowest BCUT2D eigenvalue weighted by molar-refractivity contribution is -0.697. The molecule has 0 amide bonds. The predicted octanol–water partition coefficient (Wildman–Crippen LogP) is 3.09. The first-order valence-corrected chi connectivity index (χ1v) is 7.79. The Morgan fingerprint density at radius 2 is 1.44 bits per heavy atom. The van der Waals surface area contributed by atoms with Crippen LogP contribution in [0.3, 0.4) is 0 Å². The summed E-state index contributed by atoms with van der Waals surface area (Å²) in [4.78, 5) is 0. The number of aromatic nitrogens is 1. The van der Waals surface area contributed by atoms with Crippen LogP contribution in [0, 0.1) is 0 Å². The summed E-state index contributed by atoms with van der Waals surface area (Å²) in [6.07, 6.45) is 13.6. The summed E-state index contributed by atoms with van der Waals surface area (Å²) >= 11 is 4.22. The molecule has 0 fully saturated rings. The topological polar surface area (TPSA) is 29.9 Å². The third-order valence-electron chi connectivity index (χ3n) is 3.27. The number of rotatable bonds is 10. The van der Waals surface area contributed by atoms with E-state index in [0.717, 1.165) is 12.3 Å². The van der Waals surface area contributed by atoms with Crippen molar-refractivity contribution in [1.29, 1.82) is 0 Å². The average Bonchev–Trinajstić information content (AvgIpc) is 2.42. The molecule has 0 unspecified atom stereocenters. The number of nitrogens with zero attached hydrogens (tertiary/aromatic N) is 1. The van der Waals surface area contributed by atoms with E-state index in [1.165, 1.54) is 50.5 Å². The van der Waals surface area contributed by atoms with Crippen molar-refractivity contribution < 1.29 is 4.57 Å². The van der Waals surface area contributed by atoms with Crippen LogP contribution in [0.25, 0.3) is 0 Å². The lowest BCUT2D eigenvalue weighted by Gasteiger charge is -2.00. The van der Waals surface area contributed by atoms with Crippen molar-refractivity contribution in [3.63, 3.8) is 0 Å². The zero-order valence-corrected chi connectivity index (χ0v) is 12.2. The van der Waals surface area contributed by atoms with Gasteiger partial charge in [0.05, 0.1) is 0 Å². The number of nitrogens with two attached hydrogens (primary N) is 1. The smallest absolute Gasteiger partial charge is 0.169 e. The molecule has 3 heteroatoms. The second-order valence-electron chi connectivity index (χ2n) is 4.85. The SMILES string of the molecule is NCc1cc[n+](CCCCCCCCCS)cc1. The molecule has 0 aromatic carbocycles. The summed E-state index contributed by atoms with van der Waals surface area (Å²) in [5.74, 6) is 1.04. The highest BCUT2D eigenvalue weighted by Crippen LogP contribution is 2.07. The van der Waals surface area contributed by atoms with Crippen molar-refractivity contribution in [1.82, 2.24) is 0 Å². The monoisotopic (exact) mass is 267 g/mol. The highest BCUT2D eigenvalue weighted by molar-refractivity contribution is 7.80. The van der Waals surface area contributed by atoms with E-state index in [1.54, 1.807) is 0 Å². The first-order valence-electron chi connectivity index (χ1n) is 7.15. The highest BCUT2D eigenvalue weighted by atomic mass is 32.1. The fourth-order valence-corrected chi connectivity index (χ4v) is 2.29. The molecule has 0 bridgehead atoms. The van der Waals surface area contributed by atoms with Gasteiger partial charge in [-0.2, -0.15) is 12.6 Å². The summed E-state index contributed by atoms with van der Waals surface area (Å²) in [5.41, 5.74) is 6.78. The van der Waals surface area contributed by atoms with Crippen LogP contribution in [0.2, 0.25) is 0 Å². The Hall–Kier alpha value is -0.540. The standard InChI is InChI=1S/C15H26N2S/c16-14-15-8-11-17(12-9-15)10-6-4-2-1-3-5-7-13-18/h8-9,11-12H,1-7,10,13-14,16H2/p+1. The van der Waals surface area contributed by atoms with Gasteiger partial charge in [-0.15, -0.1) is 0 Å². The molecule has 0 saturated heterocycles. The largest absolute Gasteiger partial charge is 0.326 e. The van der Waals surface area contributed by atoms with Crippen LogP contribution in [0.4, 0.5) is 0 Å². The Morgan fingerprint density at radius 3 is 2.00 bits per heavy atom. The molecule has 0 spiro atoms. The molecule has 1 aromatic rings. The molecular weight excluding hydrogens is 240 g/mol. The zero-order chi connectivity index (χ0) is 13.1. The maximum absolute atomic E-state index is 5.58. The minimum absolute atomic E-state index is 0.632. The molecule has 18 heavy (non-hydrogen) atoms. The van der Waals surface area contributed by atoms with Gasteiger partial charge in [0.2, 0.25) is 0 Å². The fourth-order valence-electron chi connectivity index (χ4n) is 2.06. The van der Waals surface area contributed by atoms with Gasteiger partial charge in [-0.25, -0.2) is 4.57 Å². The van der Waals surface area contributed by atoms with E-state index in [4.69, 9.17) is 5.73 Å². The highest BCUT2D eigenvalue weighted by Gasteiger charge is 2.00. The molecule has 0 saturated carbocycles. The van der Waals surface area contributed by atoms with Crippen molar-refractivity contribution in [2.45, 2.75) is 58.0 Å². The predicted molar refractivity (Wildman–Crippen MR) is 80.7 cm³/mol. The molecule has 0 atom stereocenters. The van der Waals surface area contributed by atoms with E-state index in [2.05, 4.69) is 41.7 Å². The third kappa shape index (κ3) is 7.02. The third-order valence-corrected chi connectivity index (χ3v) is 3.59. The second kappa shape index (κ2) is 10.4. The van der Waals surface area contributed by atoms with Crippen molar-refractivity contribution in [2.24, 2.45) is 5.73 Å². The Labute approximate surface area is 117 Å². The molecular formula is C15H27N2S+. The van der Waals surface area contributed by atoms with Crippen LogP contribution in [0.1, 0.15) is 50.5 Å². The molecule has 2 nitrogen and oxygen atoms in total. The molecule has 2 N–H and O–H groups in total. The van der Waals surface area contributed by atoms with Crippen molar-refractivity contribution in [3.8, 4) is 0 Å². The maximum atomic E-state index is 5.58. The molecule has 0 aliphatic heterocycles. The molecule has 1 heterocycles. The molecule has 0 aliphatic carbocycles. The summed E-state index contributed by atoms with van der Waals surface area (Å²) in [7, 11) is 0. The lowest BCUT2D eigenvalue weighted by Crippen LogP contribution is -2.32. The van der Waals surface area contributed by atoms with Gasteiger partial charge in [0, 0.05) is 25.1 Å². The van der Waals surface area contributed by atoms with E-state index < -0.39 is 0 Å². The Morgan fingerprint density at radius 1 is 0.889 bits per heavy atom. The van der Waals surface area contributed by atoms with Gasteiger partial charge >= 0.3 is 0 Å². The molecule has 1 aromatic heterocycles. The van der Waals surface area contributed by atoms with Gasteiger partial charge in [0.1, 0.15) is 6.54 Å². The first-order chi connectivity index (χ1) is 8.86. The molecule has 0 aliphatic rings. The fraction of sp³-hybridized carbons (Fsp3) is 0.667. The number of pyridine rings is 1. The lowest BCUT2D eigenvalue weighted by atomic mass is 10.1. The summed E-state index contributed by atoms with van der Waals surface area (Å²) < 4.78 is 2.25. The second-order valence-corrected chi connectivity index (χ2v) is 5.29. The van der Waals surface area contributed by atoms with E-state index in [1.807, 2.05) is 0 Å². The zero-order valence-electron chi connectivity index (χ0n) is 11.4. The Balaban J connectivity index is 2.00. The van der Waals surface area contributed by atoms with E-state index >= 15 is 0 Å². The molecule has 102 valence electrons. The van der Waals surface area contributed by atoms with Gasteiger partial charge in [-0.1, -0.05) is 25.7 Å². The number of hydrogen-bond donors (Lipinski definition) is 2. The summed E-state index contributed by atoms with van der Waals surface area (Å²) in [5, 5.41) is 0. The number of aryl methyl sites for hydroxylation is 1. The summed E-state index contributed by atoms with van der Waals surface area (Å²) in [6.45, 7) is 1.76. The van der Waals surface area contributed by atoms with Crippen LogP contribution >= 0.6 is 12.6 Å². The van der Waals surface area contributed by atoms with Crippen LogP contribution in [0.15, 0.2) is 24.5 Å². The van der Waals surface area contributed by atoms with Gasteiger partial charge in [-0.05, 0) is 24.2 Å². The van der Waals surface area contributed by atoms with Crippen LogP contribution < -0.4 is 10.3 Å². The number of hydrogen-bond acceptors (Lipinski definition) is 2. The van der Waals surface area contributed by atoms with Crippen LogP contribution in [0.5, 0.6) is 0 Å².